The zero-order valence-corrected chi connectivity index (χ0v) is 19.4. The summed E-state index contributed by atoms with van der Waals surface area (Å²) in [6, 6.07) is 12.5. The average Bonchev–Trinajstić information content (AvgIpc) is 2.75. The molecule has 0 aliphatic carbocycles. The number of H-pyrrole nitrogens is 1. The number of benzene rings is 2. The molecule has 0 spiro atoms. The van der Waals surface area contributed by atoms with Gasteiger partial charge in [-0.1, -0.05) is 23.8 Å². The molecular formula is C24H28N2O5S. The Kier molecular flexibility index (Phi) is 6.48. The summed E-state index contributed by atoms with van der Waals surface area (Å²) < 4.78 is 39.5. The molecule has 1 N–H and O–H groups in total. The van der Waals surface area contributed by atoms with Crippen molar-refractivity contribution in [2.45, 2.75) is 38.3 Å². The van der Waals surface area contributed by atoms with Crippen LogP contribution in [0.25, 0.3) is 10.9 Å². The number of hydrogen-bond donors (Lipinski definition) is 1. The quantitative estimate of drug-likeness (QED) is 0.616. The monoisotopic (exact) mass is 456 g/mol. The molecule has 3 aromatic rings. The van der Waals surface area contributed by atoms with Gasteiger partial charge in [-0.2, -0.15) is 4.31 Å². The number of aromatic nitrogens is 1. The van der Waals surface area contributed by atoms with Gasteiger partial charge in [-0.15, -0.1) is 0 Å². The predicted molar refractivity (Wildman–Crippen MR) is 123 cm³/mol. The van der Waals surface area contributed by atoms with Crippen LogP contribution in [0.15, 0.2) is 52.2 Å². The molecule has 7 nitrogen and oxygen atoms in total. The lowest BCUT2D eigenvalue weighted by atomic mass is 10.0. The molecule has 0 amide bonds. The summed E-state index contributed by atoms with van der Waals surface area (Å²) in [6.07, 6.45) is -0.395. The van der Waals surface area contributed by atoms with E-state index in [1.807, 2.05) is 32.9 Å². The van der Waals surface area contributed by atoms with E-state index in [1.165, 1.54) is 4.31 Å². The summed E-state index contributed by atoms with van der Waals surface area (Å²) in [7, 11) is -3.86. The minimum absolute atomic E-state index is 0.0609. The Morgan fingerprint density at radius 3 is 2.47 bits per heavy atom. The molecule has 32 heavy (non-hydrogen) atoms. The van der Waals surface area contributed by atoms with Gasteiger partial charge in [-0.05, 0) is 56.2 Å². The van der Waals surface area contributed by atoms with Crippen molar-refractivity contribution in [3.05, 3.63) is 75.1 Å². The van der Waals surface area contributed by atoms with Crippen molar-refractivity contribution in [1.82, 2.24) is 9.29 Å². The van der Waals surface area contributed by atoms with Crippen LogP contribution in [0.1, 0.15) is 22.3 Å². The summed E-state index contributed by atoms with van der Waals surface area (Å²) >= 11 is 0. The minimum Gasteiger partial charge on any atom is -0.376 e. The van der Waals surface area contributed by atoms with Crippen molar-refractivity contribution in [2.24, 2.45) is 0 Å². The molecule has 2 heterocycles. The molecule has 4 rings (SSSR count). The Labute approximate surface area is 188 Å². The average molecular weight is 457 g/mol. The second kappa shape index (κ2) is 9.15. The topological polar surface area (TPSA) is 88.7 Å². The maximum atomic E-state index is 13.5. The third kappa shape index (κ3) is 4.78. The van der Waals surface area contributed by atoms with Crippen LogP contribution in [0.3, 0.4) is 0 Å². The standard InChI is InChI=1S/C24H28N2O5S/c1-16-4-6-21(7-5-16)32(28,29)26(14-20-15-30-8-9-31-20)13-19-12-22-18(3)10-17(2)11-23(22)25-24(19)27/h4-7,10-12,20H,8-9,13-15H2,1-3H3,(H,25,27)/t20-/m1/s1. The van der Waals surface area contributed by atoms with Gasteiger partial charge in [-0.25, -0.2) is 8.42 Å². The summed E-state index contributed by atoms with van der Waals surface area (Å²) in [4.78, 5) is 16.0. The van der Waals surface area contributed by atoms with Crippen LogP contribution in [-0.4, -0.2) is 50.2 Å². The van der Waals surface area contributed by atoms with E-state index in [1.54, 1.807) is 30.3 Å². The third-order valence-corrected chi connectivity index (χ3v) is 7.51. The highest BCUT2D eigenvalue weighted by atomic mass is 32.2. The number of aryl methyl sites for hydroxylation is 3. The fraction of sp³-hybridized carbons (Fsp3) is 0.375. The number of pyridine rings is 1. The van der Waals surface area contributed by atoms with Crippen LogP contribution in [0, 0.1) is 20.8 Å². The van der Waals surface area contributed by atoms with Gasteiger partial charge < -0.3 is 14.5 Å². The molecule has 8 heteroatoms. The van der Waals surface area contributed by atoms with Crippen LogP contribution in [0.5, 0.6) is 0 Å². The van der Waals surface area contributed by atoms with Crippen LogP contribution in [0.2, 0.25) is 0 Å². The van der Waals surface area contributed by atoms with E-state index >= 15 is 0 Å². The van der Waals surface area contributed by atoms with E-state index in [0.717, 1.165) is 27.6 Å². The van der Waals surface area contributed by atoms with Crippen LogP contribution < -0.4 is 5.56 Å². The normalized spacial score (nSPS) is 17.2. The van der Waals surface area contributed by atoms with Crippen molar-refractivity contribution in [3.8, 4) is 0 Å². The Balaban J connectivity index is 1.74. The zero-order valence-electron chi connectivity index (χ0n) is 18.6. The van der Waals surface area contributed by atoms with E-state index in [-0.39, 0.29) is 23.5 Å². The van der Waals surface area contributed by atoms with Gasteiger partial charge in [0, 0.05) is 29.6 Å². The Bertz CT molecular complexity index is 1280. The molecule has 1 fully saturated rings. The molecule has 0 bridgehead atoms. The second-order valence-electron chi connectivity index (χ2n) is 8.35. The van der Waals surface area contributed by atoms with Gasteiger partial charge in [0.25, 0.3) is 5.56 Å². The minimum atomic E-state index is -3.86. The Morgan fingerprint density at radius 2 is 1.78 bits per heavy atom. The molecule has 1 saturated heterocycles. The summed E-state index contributed by atoms with van der Waals surface area (Å²) in [5, 5.41) is 0.898. The van der Waals surface area contributed by atoms with Gasteiger partial charge in [-0.3, -0.25) is 4.79 Å². The van der Waals surface area contributed by atoms with Crippen molar-refractivity contribution < 1.29 is 17.9 Å². The lowest BCUT2D eigenvalue weighted by Gasteiger charge is -2.29. The molecule has 1 aliphatic heterocycles. The smallest absolute Gasteiger partial charge is 0.252 e. The fourth-order valence-electron chi connectivity index (χ4n) is 4.00. The van der Waals surface area contributed by atoms with Gasteiger partial charge in [0.2, 0.25) is 10.0 Å². The molecule has 0 radical (unpaired) electrons. The van der Waals surface area contributed by atoms with E-state index in [0.29, 0.717) is 25.4 Å². The summed E-state index contributed by atoms with van der Waals surface area (Å²) in [5.41, 5.74) is 3.87. The van der Waals surface area contributed by atoms with Crippen LogP contribution in [0.4, 0.5) is 0 Å². The largest absolute Gasteiger partial charge is 0.376 e. The fourth-order valence-corrected chi connectivity index (χ4v) is 5.45. The van der Waals surface area contributed by atoms with Crippen LogP contribution in [-0.2, 0) is 26.0 Å². The maximum absolute atomic E-state index is 13.5. The molecule has 2 aromatic carbocycles. The molecular weight excluding hydrogens is 428 g/mol. The Morgan fingerprint density at radius 1 is 1.03 bits per heavy atom. The molecule has 1 aromatic heterocycles. The summed E-state index contributed by atoms with van der Waals surface area (Å²) in [5.74, 6) is 0. The van der Waals surface area contributed by atoms with Gasteiger partial charge in [0.05, 0.1) is 30.8 Å². The Hall–Kier alpha value is -2.52. The highest BCUT2D eigenvalue weighted by Crippen LogP contribution is 2.23. The van der Waals surface area contributed by atoms with Crippen molar-refractivity contribution in [3.63, 3.8) is 0 Å². The van der Waals surface area contributed by atoms with E-state index in [9.17, 15) is 13.2 Å². The predicted octanol–water partition coefficient (Wildman–Crippen LogP) is 3.06. The number of fused-ring (bicyclic) bond motifs is 1. The number of ether oxygens (including phenoxy) is 2. The van der Waals surface area contributed by atoms with Gasteiger partial charge in [0.15, 0.2) is 0 Å². The SMILES string of the molecule is Cc1ccc(S(=O)(=O)N(Cc2cc3c(C)cc(C)cc3[nH]c2=O)C[C@@H]2COCCO2)cc1. The first-order valence-corrected chi connectivity index (χ1v) is 12.1. The van der Waals surface area contributed by atoms with E-state index in [4.69, 9.17) is 9.47 Å². The summed E-state index contributed by atoms with van der Waals surface area (Å²) in [6.45, 7) is 7.11. The van der Waals surface area contributed by atoms with Crippen LogP contribution >= 0.6 is 0 Å². The molecule has 0 saturated carbocycles. The number of aromatic amines is 1. The van der Waals surface area contributed by atoms with E-state index < -0.39 is 16.1 Å². The number of hydrogen-bond acceptors (Lipinski definition) is 5. The number of sulfonamides is 1. The maximum Gasteiger partial charge on any atom is 0.252 e. The lowest BCUT2D eigenvalue weighted by Crippen LogP contribution is -2.43. The van der Waals surface area contributed by atoms with E-state index in [2.05, 4.69) is 4.98 Å². The molecule has 1 aliphatic rings. The first-order valence-electron chi connectivity index (χ1n) is 10.6. The third-order valence-electron chi connectivity index (χ3n) is 5.69. The second-order valence-corrected chi connectivity index (χ2v) is 10.3. The zero-order chi connectivity index (χ0) is 22.9. The number of nitrogens with one attached hydrogen (secondary N) is 1. The van der Waals surface area contributed by atoms with Crippen molar-refractivity contribution in [1.29, 1.82) is 0 Å². The first-order chi connectivity index (χ1) is 15.2. The van der Waals surface area contributed by atoms with Gasteiger partial charge >= 0.3 is 0 Å². The van der Waals surface area contributed by atoms with Crippen molar-refractivity contribution in [2.75, 3.05) is 26.4 Å². The molecule has 0 unspecified atom stereocenters. The van der Waals surface area contributed by atoms with Crippen molar-refractivity contribution >= 4 is 20.9 Å². The molecule has 170 valence electrons. The molecule has 1 atom stereocenters. The number of rotatable bonds is 6. The first kappa shape index (κ1) is 22.7. The number of nitrogens with zero attached hydrogens (tertiary/aromatic N) is 1. The highest BCUT2D eigenvalue weighted by Gasteiger charge is 2.29. The highest BCUT2D eigenvalue weighted by molar-refractivity contribution is 7.89. The lowest BCUT2D eigenvalue weighted by molar-refractivity contribution is -0.0923. The van der Waals surface area contributed by atoms with Gasteiger partial charge in [0.1, 0.15) is 0 Å².